The molecular formula is C32H37N3O5. The van der Waals surface area contributed by atoms with Crippen LogP contribution in [-0.2, 0) is 20.9 Å². The first kappa shape index (κ1) is 28.8. The fraction of sp³-hybridized carbons (Fsp3) is 0.344. The van der Waals surface area contributed by atoms with E-state index in [9.17, 15) is 19.5 Å². The number of aliphatic carboxylic acids is 1. The third-order valence-electron chi connectivity index (χ3n) is 7.27. The van der Waals surface area contributed by atoms with Gasteiger partial charge in [-0.15, -0.1) is 0 Å². The summed E-state index contributed by atoms with van der Waals surface area (Å²) in [6.07, 6.45) is -0.907. The predicted molar refractivity (Wildman–Crippen MR) is 154 cm³/mol. The Balaban J connectivity index is 1.45. The first-order valence-corrected chi connectivity index (χ1v) is 13.6. The van der Waals surface area contributed by atoms with Crippen molar-refractivity contribution in [2.75, 3.05) is 20.2 Å². The molecular weight excluding hydrogens is 506 g/mol. The molecule has 0 fully saturated rings. The van der Waals surface area contributed by atoms with E-state index in [1.807, 2.05) is 92.5 Å². The maximum Gasteiger partial charge on any atom is 0.407 e. The fourth-order valence-electron chi connectivity index (χ4n) is 5.17. The number of nitrogens with one attached hydrogen (secondary N) is 2. The zero-order valence-corrected chi connectivity index (χ0v) is 23.2. The number of likely N-dealkylation sites (N-methyl/N-ethyl adjacent to an activating group) is 1. The molecule has 1 aliphatic carbocycles. The van der Waals surface area contributed by atoms with E-state index >= 15 is 0 Å². The molecule has 0 aliphatic heterocycles. The highest BCUT2D eigenvalue weighted by Gasteiger charge is 2.31. The second kappa shape index (κ2) is 13.3. The zero-order chi connectivity index (χ0) is 28.6. The van der Waals surface area contributed by atoms with Crippen LogP contribution in [0.15, 0.2) is 78.9 Å². The van der Waals surface area contributed by atoms with Crippen LogP contribution >= 0.6 is 0 Å². The Morgan fingerprint density at radius 3 is 2.02 bits per heavy atom. The molecule has 3 aromatic carbocycles. The Morgan fingerprint density at radius 2 is 1.45 bits per heavy atom. The van der Waals surface area contributed by atoms with Gasteiger partial charge in [-0.1, -0.05) is 92.7 Å². The number of hydrogen-bond acceptors (Lipinski definition) is 5. The lowest BCUT2D eigenvalue weighted by molar-refractivity contribution is -0.138. The monoisotopic (exact) mass is 543 g/mol. The minimum Gasteiger partial charge on any atom is -0.481 e. The van der Waals surface area contributed by atoms with Gasteiger partial charge in [0.25, 0.3) is 0 Å². The smallest absolute Gasteiger partial charge is 0.407 e. The average Bonchev–Trinajstić information content (AvgIpc) is 3.25. The number of carbonyl (C=O) groups excluding carboxylic acids is 2. The zero-order valence-electron chi connectivity index (χ0n) is 23.2. The highest BCUT2D eigenvalue weighted by atomic mass is 16.5. The lowest BCUT2D eigenvalue weighted by atomic mass is 9.98. The number of carbonyl (C=O) groups is 3. The molecule has 8 nitrogen and oxygen atoms in total. The molecule has 4 rings (SSSR count). The molecule has 40 heavy (non-hydrogen) atoms. The van der Waals surface area contributed by atoms with Gasteiger partial charge in [0.1, 0.15) is 12.6 Å². The van der Waals surface area contributed by atoms with Crippen LogP contribution in [0, 0.1) is 5.92 Å². The summed E-state index contributed by atoms with van der Waals surface area (Å²) in [6.45, 7) is 4.61. The molecule has 0 heterocycles. The molecule has 0 aromatic heterocycles. The van der Waals surface area contributed by atoms with Gasteiger partial charge in [0.15, 0.2) is 0 Å². The van der Waals surface area contributed by atoms with Crippen molar-refractivity contribution in [3.8, 4) is 11.1 Å². The highest BCUT2D eigenvalue weighted by Crippen LogP contribution is 2.44. The largest absolute Gasteiger partial charge is 0.481 e. The number of hydrogen-bond donors (Lipinski definition) is 3. The van der Waals surface area contributed by atoms with Crippen molar-refractivity contribution in [3.63, 3.8) is 0 Å². The molecule has 0 saturated heterocycles. The Labute approximate surface area is 235 Å². The summed E-state index contributed by atoms with van der Waals surface area (Å²) in [6, 6.07) is 24.5. The molecule has 2 atom stereocenters. The molecule has 0 saturated carbocycles. The number of carboxylic acids is 1. The molecule has 1 unspecified atom stereocenters. The predicted octanol–water partition coefficient (Wildman–Crippen LogP) is 4.64. The lowest BCUT2D eigenvalue weighted by Gasteiger charge is -2.27. The topological polar surface area (TPSA) is 108 Å². The highest BCUT2D eigenvalue weighted by molar-refractivity contribution is 5.86. The van der Waals surface area contributed by atoms with Gasteiger partial charge in [-0.2, -0.15) is 0 Å². The van der Waals surface area contributed by atoms with Gasteiger partial charge in [0.05, 0.1) is 6.42 Å². The first-order chi connectivity index (χ1) is 19.2. The third-order valence-corrected chi connectivity index (χ3v) is 7.27. The molecule has 0 bridgehead atoms. The Bertz CT molecular complexity index is 1280. The van der Waals surface area contributed by atoms with E-state index in [4.69, 9.17) is 4.74 Å². The second-order valence-electron chi connectivity index (χ2n) is 10.7. The molecule has 0 spiro atoms. The van der Waals surface area contributed by atoms with Crippen molar-refractivity contribution in [1.29, 1.82) is 0 Å². The summed E-state index contributed by atoms with van der Waals surface area (Å²) in [5.74, 6) is -1.65. The Kier molecular flexibility index (Phi) is 9.56. The summed E-state index contributed by atoms with van der Waals surface area (Å²) in [5.41, 5.74) is 5.52. The minimum atomic E-state index is -0.999. The molecule has 1 aliphatic rings. The molecule has 3 N–H and O–H groups in total. The van der Waals surface area contributed by atoms with E-state index in [0.29, 0.717) is 6.54 Å². The molecule has 8 heteroatoms. The maximum atomic E-state index is 13.3. The fourth-order valence-corrected chi connectivity index (χ4v) is 5.17. The average molecular weight is 544 g/mol. The van der Waals surface area contributed by atoms with Gasteiger partial charge in [-0.25, -0.2) is 4.79 Å². The third kappa shape index (κ3) is 7.27. The van der Waals surface area contributed by atoms with Gasteiger partial charge >= 0.3 is 12.1 Å². The van der Waals surface area contributed by atoms with E-state index in [2.05, 4.69) is 22.8 Å². The van der Waals surface area contributed by atoms with E-state index in [-0.39, 0.29) is 31.4 Å². The van der Waals surface area contributed by atoms with Crippen LogP contribution in [0.4, 0.5) is 4.79 Å². The maximum absolute atomic E-state index is 13.3. The van der Waals surface area contributed by atoms with Crippen molar-refractivity contribution >= 4 is 18.0 Å². The molecule has 3 aromatic rings. The minimum absolute atomic E-state index is 0.0998. The number of carboxylic acid groups (broad SMARTS) is 1. The van der Waals surface area contributed by atoms with Crippen LogP contribution in [-0.4, -0.2) is 60.3 Å². The Hall–Kier alpha value is -4.17. The van der Waals surface area contributed by atoms with Crippen molar-refractivity contribution in [2.45, 2.75) is 44.8 Å². The van der Waals surface area contributed by atoms with Gasteiger partial charge < -0.3 is 20.5 Å². The second-order valence-corrected chi connectivity index (χ2v) is 10.7. The number of alkyl carbamates (subject to hydrolysis) is 1. The molecule has 210 valence electrons. The van der Waals surface area contributed by atoms with Crippen LogP contribution in [0.2, 0.25) is 0 Å². The van der Waals surface area contributed by atoms with Crippen molar-refractivity contribution in [2.24, 2.45) is 5.92 Å². The number of nitrogens with zero attached hydrogens (tertiary/aromatic N) is 1. The van der Waals surface area contributed by atoms with Crippen molar-refractivity contribution < 1.29 is 24.2 Å². The van der Waals surface area contributed by atoms with Crippen molar-refractivity contribution in [1.82, 2.24) is 15.5 Å². The van der Waals surface area contributed by atoms with Gasteiger partial charge in [0.2, 0.25) is 5.91 Å². The summed E-state index contributed by atoms with van der Waals surface area (Å²) in [4.78, 5) is 39.7. The van der Waals surface area contributed by atoms with E-state index < -0.39 is 30.1 Å². The van der Waals surface area contributed by atoms with E-state index in [1.165, 1.54) is 0 Å². The summed E-state index contributed by atoms with van der Waals surface area (Å²) < 4.78 is 5.69. The first-order valence-electron chi connectivity index (χ1n) is 13.6. The standard InChI is InChI=1S/C32H37N3O5/c1-21(2)28(17-30(36)37)33-31(38)29(19-35(3)18-22-11-5-4-6-12-22)34-32(39)40-20-27-25-15-9-7-13-23(25)24-14-8-10-16-26(24)27/h4-16,21,27-29H,17-20H2,1-3H3,(H,33,38)(H,34,39)(H,36,37)/t28-,29?/m1/s1. The summed E-state index contributed by atoms with van der Waals surface area (Å²) >= 11 is 0. The lowest BCUT2D eigenvalue weighted by Crippen LogP contribution is -2.55. The van der Waals surface area contributed by atoms with Crippen LogP contribution < -0.4 is 10.6 Å². The number of amides is 2. The van der Waals surface area contributed by atoms with Gasteiger partial charge in [-0.3, -0.25) is 14.5 Å². The van der Waals surface area contributed by atoms with Crippen LogP contribution in [0.1, 0.15) is 42.9 Å². The van der Waals surface area contributed by atoms with E-state index in [1.54, 1.807) is 0 Å². The number of ether oxygens (including phenoxy) is 1. The summed E-state index contributed by atoms with van der Waals surface area (Å²) in [7, 11) is 1.86. The number of fused-ring (bicyclic) bond motifs is 3. The van der Waals surface area contributed by atoms with Gasteiger partial charge in [0, 0.05) is 25.0 Å². The van der Waals surface area contributed by atoms with Crippen LogP contribution in [0.3, 0.4) is 0 Å². The Morgan fingerprint density at radius 1 is 0.875 bits per heavy atom. The number of rotatable bonds is 12. The molecule has 2 amide bonds. The SMILES string of the molecule is CC(C)[C@@H](CC(=O)O)NC(=O)C(CN(C)Cc1ccccc1)NC(=O)OCC1c2ccccc2-c2ccccc21. The normalized spacial score (nSPS) is 13.8. The van der Waals surface area contributed by atoms with Crippen LogP contribution in [0.5, 0.6) is 0 Å². The van der Waals surface area contributed by atoms with E-state index in [0.717, 1.165) is 27.8 Å². The quantitative estimate of drug-likeness (QED) is 0.307. The molecule has 0 radical (unpaired) electrons. The van der Waals surface area contributed by atoms with Gasteiger partial charge in [-0.05, 0) is 40.8 Å². The van der Waals surface area contributed by atoms with Crippen molar-refractivity contribution in [3.05, 3.63) is 95.6 Å². The number of benzene rings is 3. The summed E-state index contributed by atoms with van der Waals surface area (Å²) in [5, 5.41) is 14.9. The van der Waals surface area contributed by atoms with Crippen LogP contribution in [0.25, 0.3) is 11.1 Å².